The summed E-state index contributed by atoms with van der Waals surface area (Å²) in [5.74, 6) is 1.33. The quantitative estimate of drug-likeness (QED) is 0.758. The fourth-order valence-electron chi connectivity index (χ4n) is 3.97. The number of aryl methyl sites for hydroxylation is 1. The molecule has 0 radical (unpaired) electrons. The highest BCUT2D eigenvalue weighted by Gasteiger charge is 2.21. The van der Waals surface area contributed by atoms with Crippen LogP contribution in [0.3, 0.4) is 0 Å². The lowest BCUT2D eigenvalue weighted by Gasteiger charge is -2.22. The molecule has 4 nitrogen and oxygen atoms in total. The number of benzene rings is 1. The van der Waals surface area contributed by atoms with Crippen molar-refractivity contribution in [1.82, 2.24) is 5.16 Å². The zero-order valence-corrected chi connectivity index (χ0v) is 16.4. The maximum atomic E-state index is 12.3. The summed E-state index contributed by atoms with van der Waals surface area (Å²) in [5, 5.41) is 7.23. The summed E-state index contributed by atoms with van der Waals surface area (Å²) in [6, 6.07) is 7.89. The highest BCUT2D eigenvalue weighted by Crippen LogP contribution is 2.32. The van der Waals surface area contributed by atoms with E-state index in [1.165, 1.54) is 18.4 Å². The number of nitrogens with zero attached hydrogens (tertiary/aromatic N) is 1. The monoisotopic (exact) mass is 354 g/mol. The third-order valence-electron chi connectivity index (χ3n) is 4.89. The highest BCUT2D eigenvalue weighted by atomic mass is 16.5. The Bertz CT molecular complexity index is 753. The molecular formula is C22H30N2O2. The van der Waals surface area contributed by atoms with Crippen LogP contribution in [0.5, 0.6) is 0 Å². The number of rotatable bonds is 5. The summed E-state index contributed by atoms with van der Waals surface area (Å²) in [4.78, 5) is 12.3. The Morgan fingerprint density at radius 3 is 2.58 bits per heavy atom. The molecule has 1 heterocycles. The van der Waals surface area contributed by atoms with Crippen LogP contribution in [-0.4, -0.2) is 11.1 Å². The zero-order chi connectivity index (χ0) is 18.7. The molecule has 4 heteroatoms. The minimum atomic E-state index is 0.0755. The van der Waals surface area contributed by atoms with Crippen molar-refractivity contribution in [2.45, 2.75) is 66.2 Å². The molecule has 1 aliphatic carbocycles. The van der Waals surface area contributed by atoms with Gasteiger partial charge in [-0.2, -0.15) is 0 Å². The second-order valence-electron chi connectivity index (χ2n) is 8.84. The third kappa shape index (κ3) is 4.75. The van der Waals surface area contributed by atoms with Gasteiger partial charge in [0.1, 0.15) is 0 Å². The van der Waals surface area contributed by atoms with Crippen LogP contribution in [-0.2, 0) is 17.6 Å². The second kappa shape index (κ2) is 7.65. The maximum Gasteiger partial charge on any atom is 0.224 e. The van der Waals surface area contributed by atoms with E-state index in [0.29, 0.717) is 12.3 Å². The molecule has 1 N–H and O–H groups in total. The van der Waals surface area contributed by atoms with Crippen molar-refractivity contribution in [3.8, 4) is 11.3 Å². The molecule has 0 bridgehead atoms. The Balaban J connectivity index is 1.61. The van der Waals surface area contributed by atoms with E-state index in [2.05, 4.69) is 38.2 Å². The molecule has 1 aromatic heterocycles. The van der Waals surface area contributed by atoms with Gasteiger partial charge in [0, 0.05) is 23.2 Å². The molecule has 0 saturated carbocycles. The molecule has 2 aromatic rings. The smallest absolute Gasteiger partial charge is 0.224 e. The predicted octanol–water partition coefficient (Wildman–Crippen LogP) is 5.62. The summed E-state index contributed by atoms with van der Waals surface area (Å²) in [5.41, 5.74) is 4.47. The van der Waals surface area contributed by atoms with Gasteiger partial charge in [0.25, 0.3) is 0 Å². The summed E-state index contributed by atoms with van der Waals surface area (Å²) in [7, 11) is 0. The Kier molecular flexibility index (Phi) is 5.49. The SMILES string of the molecule is C[C@H](CC(=O)Nc1ccc(-c2onc3c2CCCC3)cc1)CC(C)(C)C. The van der Waals surface area contributed by atoms with Crippen molar-refractivity contribution < 1.29 is 9.32 Å². The number of anilines is 1. The Labute approximate surface area is 156 Å². The number of amides is 1. The molecule has 0 spiro atoms. The van der Waals surface area contributed by atoms with E-state index in [1.54, 1.807) is 0 Å². The molecule has 1 aliphatic rings. The zero-order valence-electron chi connectivity index (χ0n) is 16.4. The van der Waals surface area contributed by atoms with Gasteiger partial charge in [-0.1, -0.05) is 32.9 Å². The van der Waals surface area contributed by atoms with Gasteiger partial charge in [-0.15, -0.1) is 0 Å². The van der Waals surface area contributed by atoms with Crippen molar-refractivity contribution in [3.63, 3.8) is 0 Å². The molecule has 1 atom stereocenters. The average Bonchev–Trinajstić information content (AvgIpc) is 2.97. The van der Waals surface area contributed by atoms with Crippen LogP contribution >= 0.6 is 0 Å². The van der Waals surface area contributed by atoms with Gasteiger partial charge in [0.2, 0.25) is 5.91 Å². The summed E-state index contributed by atoms with van der Waals surface area (Å²) < 4.78 is 5.59. The lowest BCUT2D eigenvalue weighted by Crippen LogP contribution is -2.18. The van der Waals surface area contributed by atoms with Crippen molar-refractivity contribution in [2.75, 3.05) is 5.32 Å². The average molecular weight is 354 g/mol. The summed E-state index contributed by atoms with van der Waals surface area (Å²) in [6.07, 6.45) is 6.03. The molecule has 140 valence electrons. The first-order chi connectivity index (χ1) is 12.3. The first-order valence-electron chi connectivity index (χ1n) is 9.69. The van der Waals surface area contributed by atoms with Crippen LogP contribution in [0.15, 0.2) is 28.8 Å². The minimum absolute atomic E-state index is 0.0755. The van der Waals surface area contributed by atoms with E-state index in [1.807, 2.05) is 24.3 Å². The predicted molar refractivity (Wildman–Crippen MR) is 105 cm³/mol. The molecule has 3 rings (SSSR count). The fourth-order valence-corrected chi connectivity index (χ4v) is 3.97. The van der Waals surface area contributed by atoms with Gasteiger partial charge in [0.05, 0.1) is 5.69 Å². The minimum Gasteiger partial charge on any atom is -0.356 e. The Morgan fingerprint density at radius 1 is 1.19 bits per heavy atom. The van der Waals surface area contributed by atoms with Crippen LogP contribution in [0.25, 0.3) is 11.3 Å². The van der Waals surface area contributed by atoms with Crippen molar-refractivity contribution in [1.29, 1.82) is 0 Å². The lowest BCUT2D eigenvalue weighted by atomic mass is 9.84. The fraction of sp³-hybridized carbons (Fsp3) is 0.545. The maximum absolute atomic E-state index is 12.3. The molecule has 1 amide bonds. The first-order valence-corrected chi connectivity index (χ1v) is 9.69. The van der Waals surface area contributed by atoms with Crippen LogP contribution in [0.2, 0.25) is 0 Å². The van der Waals surface area contributed by atoms with Gasteiger partial charge in [-0.25, -0.2) is 0 Å². The summed E-state index contributed by atoms with van der Waals surface area (Å²) in [6.45, 7) is 8.77. The van der Waals surface area contributed by atoms with Gasteiger partial charge >= 0.3 is 0 Å². The Morgan fingerprint density at radius 2 is 1.88 bits per heavy atom. The highest BCUT2D eigenvalue weighted by molar-refractivity contribution is 5.91. The number of carbonyl (C=O) groups is 1. The second-order valence-corrected chi connectivity index (χ2v) is 8.84. The van der Waals surface area contributed by atoms with Crippen LogP contribution in [0, 0.1) is 11.3 Å². The van der Waals surface area contributed by atoms with Gasteiger partial charge in [0.15, 0.2) is 5.76 Å². The molecule has 0 aliphatic heterocycles. The number of carbonyl (C=O) groups excluding carboxylic acids is 1. The number of nitrogens with one attached hydrogen (secondary N) is 1. The van der Waals surface area contributed by atoms with Crippen LogP contribution < -0.4 is 5.32 Å². The van der Waals surface area contributed by atoms with Gasteiger partial charge < -0.3 is 9.84 Å². The van der Waals surface area contributed by atoms with E-state index in [4.69, 9.17) is 4.52 Å². The molecule has 26 heavy (non-hydrogen) atoms. The van der Waals surface area contributed by atoms with E-state index < -0.39 is 0 Å². The molecule has 0 saturated heterocycles. The molecule has 0 unspecified atom stereocenters. The number of fused-ring (bicyclic) bond motifs is 1. The largest absolute Gasteiger partial charge is 0.356 e. The molecule has 0 fully saturated rings. The number of aromatic nitrogens is 1. The molecule has 1 aromatic carbocycles. The Hall–Kier alpha value is -2.10. The standard InChI is InChI=1S/C22H30N2O2/c1-15(14-22(2,3)4)13-20(25)23-17-11-9-16(10-12-17)21-18-7-5-6-8-19(18)24-26-21/h9-12,15H,5-8,13-14H2,1-4H3,(H,23,25)/t15-/m1/s1. The van der Waals surface area contributed by atoms with E-state index in [9.17, 15) is 4.79 Å². The van der Waals surface area contributed by atoms with Crippen molar-refractivity contribution >= 4 is 11.6 Å². The summed E-state index contributed by atoms with van der Waals surface area (Å²) >= 11 is 0. The van der Waals surface area contributed by atoms with Gasteiger partial charge in [-0.05, 0) is 67.7 Å². The number of hydrogen-bond donors (Lipinski definition) is 1. The third-order valence-corrected chi connectivity index (χ3v) is 4.89. The normalized spacial score (nSPS) is 15.4. The first kappa shape index (κ1) is 18.7. The van der Waals surface area contributed by atoms with Crippen molar-refractivity contribution in [2.24, 2.45) is 11.3 Å². The van der Waals surface area contributed by atoms with Crippen molar-refractivity contribution in [3.05, 3.63) is 35.5 Å². The molecular weight excluding hydrogens is 324 g/mol. The van der Waals surface area contributed by atoms with Crippen LogP contribution in [0.4, 0.5) is 5.69 Å². The van der Waals surface area contributed by atoms with E-state index in [0.717, 1.165) is 42.0 Å². The topological polar surface area (TPSA) is 55.1 Å². The van der Waals surface area contributed by atoms with E-state index in [-0.39, 0.29) is 11.3 Å². The van der Waals surface area contributed by atoms with E-state index >= 15 is 0 Å². The lowest BCUT2D eigenvalue weighted by molar-refractivity contribution is -0.117. The van der Waals surface area contributed by atoms with Crippen LogP contribution in [0.1, 0.15) is 64.6 Å². The van der Waals surface area contributed by atoms with Gasteiger partial charge in [-0.3, -0.25) is 4.79 Å². The number of hydrogen-bond acceptors (Lipinski definition) is 3.